The van der Waals surface area contributed by atoms with Gasteiger partial charge in [-0.15, -0.1) is 0 Å². The van der Waals surface area contributed by atoms with E-state index in [1.807, 2.05) is 0 Å². The van der Waals surface area contributed by atoms with Crippen LogP contribution in [0.1, 0.15) is 5.76 Å². The van der Waals surface area contributed by atoms with E-state index in [9.17, 15) is 10.1 Å². The number of nitro groups is 1. The van der Waals surface area contributed by atoms with Crippen LogP contribution in [0.15, 0.2) is 35.5 Å². The van der Waals surface area contributed by atoms with Crippen LogP contribution >= 0.6 is 0 Å². The van der Waals surface area contributed by atoms with Crippen molar-refractivity contribution in [2.24, 2.45) is 0 Å². The molecule has 0 unspecified atom stereocenters. The lowest BCUT2D eigenvalue weighted by Gasteiger charge is -1.85. The van der Waals surface area contributed by atoms with Gasteiger partial charge in [-0.1, -0.05) is 18.7 Å². The van der Waals surface area contributed by atoms with E-state index < -0.39 is 4.92 Å². The summed E-state index contributed by atoms with van der Waals surface area (Å²) in [5.74, 6) is 0.236. The van der Waals surface area contributed by atoms with Gasteiger partial charge in [0.15, 0.2) is 0 Å². The summed E-state index contributed by atoms with van der Waals surface area (Å²) < 4.78 is 4.85. The van der Waals surface area contributed by atoms with Gasteiger partial charge < -0.3 is 4.42 Å². The molecular weight excluding hydrogens is 158 g/mol. The van der Waals surface area contributed by atoms with Crippen molar-refractivity contribution < 1.29 is 9.34 Å². The third-order valence-electron chi connectivity index (χ3n) is 1.25. The standard InChI is InChI=1S/C8H7NO3/c1-2-3-4-8-7(9(10)11)5-6-12-8/h2-6H,1H2/b4-3+. The van der Waals surface area contributed by atoms with Crippen LogP contribution in [0.25, 0.3) is 6.08 Å². The number of hydrogen-bond acceptors (Lipinski definition) is 3. The van der Waals surface area contributed by atoms with Crippen LogP contribution in [0.4, 0.5) is 5.69 Å². The molecular formula is C8H7NO3. The van der Waals surface area contributed by atoms with Gasteiger partial charge in [0, 0.05) is 0 Å². The summed E-state index contributed by atoms with van der Waals surface area (Å²) >= 11 is 0. The van der Waals surface area contributed by atoms with E-state index in [4.69, 9.17) is 4.42 Å². The summed E-state index contributed by atoms with van der Waals surface area (Å²) in [6, 6.07) is 1.31. The minimum Gasteiger partial charge on any atom is -0.457 e. The summed E-state index contributed by atoms with van der Waals surface area (Å²) in [6.07, 6.45) is 5.87. The molecule has 0 aliphatic carbocycles. The zero-order chi connectivity index (χ0) is 8.97. The summed E-state index contributed by atoms with van der Waals surface area (Å²) in [5, 5.41) is 10.3. The lowest BCUT2D eigenvalue weighted by atomic mass is 10.3. The molecule has 1 aromatic heterocycles. The minimum absolute atomic E-state index is 0.0342. The van der Waals surface area contributed by atoms with Crippen molar-refractivity contribution in [3.05, 3.63) is 46.9 Å². The van der Waals surface area contributed by atoms with E-state index >= 15 is 0 Å². The molecule has 0 fully saturated rings. The minimum atomic E-state index is -0.494. The summed E-state index contributed by atoms with van der Waals surface area (Å²) in [5.41, 5.74) is -0.0342. The highest BCUT2D eigenvalue weighted by Gasteiger charge is 2.13. The summed E-state index contributed by atoms with van der Waals surface area (Å²) in [4.78, 5) is 9.84. The Balaban J connectivity index is 2.99. The number of rotatable bonds is 3. The molecule has 0 radical (unpaired) electrons. The Morgan fingerprint density at radius 2 is 2.42 bits per heavy atom. The molecule has 1 rings (SSSR count). The van der Waals surface area contributed by atoms with Gasteiger partial charge in [-0.3, -0.25) is 10.1 Å². The van der Waals surface area contributed by atoms with Gasteiger partial charge in [-0.2, -0.15) is 0 Å². The molecule has 4 heteroatoms. The van der Waals surface area contributed by atoms with Crippen molar-refractivity contribution in [3.63, 3.8) is 0 Å². The Bertz CT molecular complexity index is 325. The van der Waals surface area contributed by atoms with Gasteiger partial charge in [0.05, 0.1) is 17.3 Å². The van der Waals surface area contributed by atoms with Crippen LogP contribution < -0.4 is 0 Å². The van der Waals surface area contributed by atoms with E-state index in [0.717, 1.165) is 0 Å². The molecule has 0 spiro atoms. The van der Waals surface area contributed by atoms with E-state index in [-0.39, 0.29) is 11.4 Å². The molecule has 1 aromatic rings. The fourth-order valence-corrected chi connectivity index (χ4v) is 0.745. The molecule has 0 saturated carbocycles. The van der Waals surface area contributed by atoms with Gasteiger partial charge >= 0.3 is 5.69 Å². The molecule has 12 heavy (non-hydrogen) atoms. The van der Waals surface area contributed by atoms with Gasteiger partial charge in [0.1, 0.15) is 0 Å². The second-order valence-corrected chi connectivity index (χ2v) is 2.02. The molecule has 0 saturated heterocycles. The van der Waals surface area contributed by atoms with E-state index in [0.29, 0.717) is 0 Å². The predicted octanol–water partition coefficient (Wildman–Crippen LogP) is 2.39. The third-order valence-corrected chi connectivity index (χ3v) is 1.25. The highest BCUT2D eigenvalue weighted by molar-refractivity contribution is 5.56. The molecule has 0 aliphatic heterocycles. The van der Waals surface area contributed by atoms with Crippen LogP contribution in [-0.2, 0) is 0 Å². The number of hydrogen-bond donors (Lipinski definition) is 0. The Hall–Kier alpha value is -1.84. The fourth-order valence-electron chi connectivity index (χ4n) is 0.745. The highest BCUT2D eigenvalue weighted by atomic mass is 16.6. The molecule has 0 amide bonds. The second-order valence-electron chi connectivity index (χ2n) is 2.02. The first kappa shape index (κ1) is 8.26. The van der Waals surface area contributed by atoms with Crippen molar-refractivity contribution >= 4 is 11.8 Å². The first-order chi connectivity index (χ1) is 5.75. The molecule has 0 aromatic carbocycles. The van der Waals surface area contributed by atoms with Crippen LogP contribution in [-0.4, -0.2) is 4.92 Å². The normalized spacial score (nSPS) is 10.3. The maximum absolute atomic E-state index is 10.3. The molecule has 0 atom stereocenters. The largest absolute Gasteiger partial charge is 0.457 e. The predicted molar refractivity (Wildman–Crippen MR) is 44.6 cm³/mol. The average molecular weight is 165 g/mol. The molecule has 62 valence electrons. The Kier molecular flexibility index (Phi) is 2.42. The molecule has 1 heterocycles. The lowest BCUT2D eigenvalue weighted by Crippen LogP contribution is -1.86. The van der Waals surface area contributed by atoms with Crippen LogP contribution in [0, 0.1) is 10.1 Å². The van der Waals surface area contributed by atoms with Crippen LogP contribution in [0.3, 0.4) is 0 Å². The maximum Gasteiger partial charge on any atom is 0.314 e. The van der Waals surface area contributed by atoms with Crippen molar-refractivity contribution in [3.8, 4) is 0 Å². The smallest absolute Gasteiger partial charge is 0.314 e. The van der Waals surface area contributed by atoms with Crippen LogP contribution in [0.5, 0.6) is 0 Å². The zero-order valence-corrected chi connectivity index (χ0v) is 6.27. The molecule has 0 aliphatic rings. The van der Waals surface area contributed by atoms with Gasteiger partial charge in [-0.05, 0) is 6.08 Å². The molecule has 0 N–H and O–H groups in total. The van der Waals surface area contributed by atoms with Gasteiger partial charge in [0.2, 0.25) is 5.76 Å². The maximum atomic E-state index is 10.3. The van der Waals surface area contributed by atoms with Crippen molar-refractivity contribution in [2.75, 3.05) is 0 Å². The van der Waals surface area contributed by atoms with Crippen LogP contribution in [0.2, 0.25) is 0 Å². The third kappa shape index (κ3) is 1.60. The van der Waals surface area contributed by atoms with Gasteiger partial charge in [-0.25, -0.2) is 0 Å². The summed E-state index contributed by atoms with van der Waals surface area (Å²) in [6.45, 7) is 3.44. The second kappa shape index (κ2) is 3.52. The number of nitrogens with zero attached hydrogens (tertiary/aromatic N) is 1. The highest BCUT2D eigenvalue weighted by Crippen LogP contribution is 2.20. The van der Waals surface area contributed by atoms with Crippen molar-refractivity contribution in [2.45, 2.75) is 0 Å². The van der Waals surface area contributed by atoms with E-state index in [2.05, 4.69) is 6.58 Å². The van der Waals surface area contributed by atoms with E-state index in [1.54, 1.807) is 6.08 Å². The SMILES string of the molecule is C=C/C=C/c1occc1[N+](=O)[O-]. The van der Waals surface area contributed by atoms with E-state index in [1.165, 1.54) is 24.5 Å². The first-order valence-electron chi connectivity index (χ1n) is 3.26. The Morgan fingerprint density at radius 1 is 1.67 bits per heavy atom. The quantitative estimate of drug-likeness (QED) is 0.392. The Morgan fingerprint density at radius 3 is 3.00 bits per heavy atom. The molecule has 0 bridgehead atoms. The van der Waals surface area contributed by atoms with Crippen molar-refractivity contribution in [1.29, 1.82) is 0 Å². The van der Waals surface area contributed by atoms with Crippen molar-refractivity contribution in [1.82, 2.24) is 0 Å². The van der Waals surface area contributed by atoms with Gasteiger partial charge in [0.25, 0.3) is 0 Å². The number of furan rings is 1. The first-order valence-corrected chi connectivity index (χ1v) is 3.26. The monoisotopic (exact) mass is 165 g/mol. The fraction of sp³-hybridized carbons (Fsp3) is 0. The average Bonchev–Trinajstić information content (AvgIpc) is 2.48. The molecule has 4 nitrogen and oxygen atoms in total. The summed E-state index contributed by atoms with van der Waals surface area (Å²) in [7, 11) is 0. The number of allylic oxidation sites excluding steroid dienone is 2. The Labute approximate surface area is 69.0 Å². The zero-order valence-electron chi connectivity index (χ0n) is 6.27. The lowest BCUT2D eigenvalue weighted by molar-refractivity contribution is -0.385. The topological polar surface area (TPSA) is 56.3 Å².